The smallest absolute Gasteiger partial charge is 0.258 e. The van der Waals surface area contributed by atoms with Crippen LogP contribution in [-0.2, 0) is 0 Å². The van der Waals surface area contributed by atoms with E-state index in [4.69, 9.17) is 9.47 Å². The predicted molar refractivity (Wildman–Crippen MR) is 102 cm³/mol. The Kier molecular flexibility index (Phi) is 6.74. The van der Waals surface area contributed by atoms with Gasteiger partial charge in [0, 0.05) is 25.7 Å². The molecule has 2 heterocycles. The monoisotopic (exact) mass is 361 g/mol. The molecule has 2 fully saturated rings. The van der Waals surface area contributed by atoms with Gasteiger partial charge in [-0.15, -0.1) is 0 Å². The number of benzene rings is 1. The first kappa shape index (κ1) is 19.0. The van der Waals surface area contributed by atoms with Gasteiger partial charge < -0.3 is 24.6 Å². The van der Waals surface area contributed by atoms with E-state index in [1.54, 1.807) is 14.2 Å². The number of hydrogen-bond acceptors (Lipinski definition) is 5. The molecule has 3 rings (SSSR count). The lowest BCUT2D eigenvalue weighted by Gasteiger charge is -2.36. The quantitative estimate of drug-likeness (QED) is 0.805. The van der Waals surface area contributed by atoms with Crippen molar-refractivity contribution >= 4 is 5.91 Å². The molecule has 2 saturated heterocycles. The highest BCUT2D eigenvalue weighted by Gasteiger charge is 2.29. The van der Waals surface area contributed by atoms with Crippen LogP contribution in [0.25, 0.3) is 0 Å². The number of piperidine rings is 1. The number of carbonyl (C=O) groups is 1. The van der Waals surface area contributed by atoms with Crippen molar-refractivity contribution < 1.29 is 14.3 Å². The minimum absolute atomic E-state index is 0.0358. The van der Waals surface area contributed by atoms with Gasteiger partial charge in [-0.05, 0) is 57.5 Å². The molecule has 1 atom stereocenters. The number of ether oxygens (including phenoxy) is 2. The molecule has 1 amide bonds. The van der Waals surface area contributed by atoms with Gasteiger partial charge in [0.25, 0.3) is 5.91 Å². The summed E-state index contributed by atoms with van der Waals surface area (Å²) >= 11 is 0. The average Bonchev–Trinajstić information content (AvgIpc) is 3.21. The Hall–Kier alpha value is -1.79. The minimum atomic E-state index is 0.0358. The Morgan fingerprint density at radius 1 is 1.23 bits per heavy atom. The molecule has 26 heavy (non-hydrogen) atoms. The second kappa shape index (κ2) is 9.24. The molecule has 0 radical (unpaired) electrons. The zero-order chi connectivity index (χ0) is 18.4. The van der Waals surface area contributed by atoms with Gasteiger partial charge >= 0.3 is 0 Å². The second-order valence-electron chi connectivity index (χ2n) is 7.09. The van der Waals surface area contributed by atoms with Crippen molar-refractivity contribution in [3.63, 3.8) is 0 Å². The van der Waals surface area contributed by atoms with Gasteiger partial charge in [-0.25, -0.2) is 0 Å². The highest BCUT2D eigenvalue weighted by molar-refractivity contribution is 5.98. The van der Waals surface area contributed by atoms with Crippen molar-refractivity contribution in [2.75, 3.05) is 53.5 Å². The fourth-order valence-electron chi connectivity index (χ4n) is 4.02. The fraction of sp³-hybridized carbons (Fsp3) is 0.650. The van der Waals surface area contributed by atoms with E-state index < -0.39 is 0 Å². The van der Waals surface area contributed by atoms with Gasteiger partial charge in [-0.2, -0.15) is 0 Å². The summed E-state index contributed by atoms with van der Waals surface area (Å²) in [6.45, 7) is 5.88. The molecule has 0 bridgehead atoms. The van der Waals surface area contributed by atoms with Crippen LogP contribution < -0.4 is 14.8 Å². The number of para-hydroxylation sites is 1. The third-order valence-corrected chi connectivity index (χ3v) is 5.46. The maximum Gasteiger partial charge on any atom is 0.258 e. The molecule has 0 saturated carbocycles. The standard InChI is InChI=1S/C20H31N3O3/c1-25-18-9-5-8-17(19(18)26-2)20(24)23(16-7-6-10-21-15-16)14-13-22-11-3-4-12-22/h5,8-9,16,21H,3-4,6-7,10-15H2,1-2H3. The van der Waals surface area contributed by atoms with Crippen LogP contribution in [-0.4, -0.2) is 75.2 Å². The number of methoxy groups -OCH3 is 2. The van der Waals surface area contributed by atoms with E-state index in [-0.39, 0.29) is 11.9 Å². The molecule has 2 aliphatic heterocycles. The van der Waals surface area contributed by atoms with Gasteiger partial charge in [0.1, 0.15) is 0 Å². The van der Waals surface area contributed by atoms with Gasteiger partial charge in [-0.3, -0.25) is 4.79 Å². The number of nitrogens with one attached hydrogen (secondary N) is 1. The van der Waals surface area contributed by atoms with Gasteiger partial charge in [0.05, 0.1) is 19.8 Å². The topological polar surface area (TPSA) is 54.0 Å². The molecule has 1 unspecified atom stereocenters. The van der Waals surface area contributed by atoms with Crippen molar-refractivity contribution in [3.8, 4) is 11.5 Å². The lowest BCUT2D eigenvalue weighted by molar-refractivity contribution is 0.0623. The van der Waals surface area contributed by atoms with Crippen LogP contribution in [0.4, 0.5) is 0 Å². The summed E-state index contributed by atoms with van der Waals surface area (Å²) in [5.41, 5.74) is 0.582. The third-order valence-electron chi connectivity index (χ3n) is 5.46. The first-order valence-corrected chi connectivity index (χ1v) is 9.69. The second-order valence-corrected chi connectivity index (χ2v) is 7.09. The van der Waals surface area contributed by atoms with Crippen LogP contribution in [0.2, 0.25) is 0 Å². The highest BCUT2D eigenvalue weighted by atomic mass is 16.5. The molecule has 0 spiro atoms. The Morgan fingerprint density at radius 3 is 2.69 bits per heavy atom. The van der Waals surface area contributed by atoms with E-state index in [2.05, 4.69) is 10.2 Å². The molecule has 1 aromatic rings. The molecule has 0 aromatic heterocycles. The van der Waals surface area contributed by atoms with E-state index in [1.807, 2.05) is 23.1 Å². The van der Waals surface area contributed by atoms with E-state index in [1.165, 1.54) is 12.8 Å². The number of amides is 1. The van der Waals surface area contributed by atoms with Crippen molar-refractivity contribution in [2.24, 2.45) is 0 Å². The summed E-state index contributed by atoms with van der Waals surface area (Å²) < 4.78 is 10.9. The lowest BCUT2D eigenvalue weighted by atomic mass is 10.0. The molecule has 6 heteroatoms. The molecular weight excluding hydrogens is 330 g/mol. The third kappa shape index (κ3) is 4.30. The van der Waals surface area contributed by atoms with Gasteiger partial charge in [0.2, 0.25) is 0 Å². The molecule has 144 valence electrons. The first-order valence-electron chi connectivity index (χ1n) is 9.69. The zero-order valence-electron chi connectivity index (χ0n) is 16.0. The van der Waals surface area contributed by atoms with Gasteiger partial charge in [-0.1, -0.05) is 6.07 Å². The van der Waals surface area contributed by atoms with Crippen molar-refractivity contribution in [1.29, 1.82) is 0 Å². The fourth-order valence-corrected chi connectivity index (χ4v) is 4.02. The summed E-state index contributed by atoms with van der Waals surface area (Å²) in [5, 5.41) is 3.44. The Labute approximate surface area is 156 Å². The summed E-state index contributed by atoms with van der Waals surface area (Å²) in [7, 11) is 3.19. The van der Waals surface area contributed by atoms with Crippen LogP contribution in [0, 0.1) is 0 Å². The van der Waals surface area contributed by atoms with Crippen LogP contribution in [0.1, 0.15) is 36.0 Å². The number of nitrogens with zero attached hydrogens (tertiary/aromatic N) is 2. The van der Waals surface area contributed by atoms with E-state index >= 15 is 0 Å². The van der Waals surface area contributed by atoms with Crippen molar-refractivity contribution in [3.05, 3.63) is 23.8 Å². The van der Waals surface area contributed by atoms with E-state index in [0.717, 1.165) is 52.1 Å². The number of carbonyl (C=O) groups excluding carboxylic acids is 1. The molecule has 2 aliphatic rings. The Morgan fingerprint density at radius 2 is 2.04 bits per heavy atom. The maximum atomic E-state index is 13.4. The molecule has 6 nitrogen and oxygen atoms in total. The highest BCUT2D eigenvalue weighted by Crippen LogP contribution is 2.32. The SMILES string of the molecule is COc1cccc(C(=O)N(CCN2CCCC2)C2CCCNC2)c1OC. The van der Waals surface area contributed by atoms with Crippen LogP contribution in [0.15, 0.2) is 18.2 Å². The minimum Gasteiger partial charge on any atom is -0.493 e. The summed E-state index contributed by atoms with van der Waals surface area (Å²) in [4.78, 5) is 17.9. The molecule has 1 aromatic carbocycles. The summed E-state index contributed by atoms with van der Waals surface area (Å²) in [6, 6.07) is 5.75. The average molecular weight is 361 g/mol. The number of hydrogen-bond donors (Lipinski definition) is 1. The summed E-state index contributed by atoms with van der Waals surface area (Å²) in [6.07, 6.45) is 4.68. The zero-order valence-corrected chi connectivity index (χ0v) is 16.0. The Balaban J connectivity index is 1.81. The van der Waals surface area contributed by atoms with Gasteiger partial charge in [0.15, 0.2) is 11.5 Å². The maximum absolute atomic E-state index is 13.4. The number of likely N-dealkylation sites (tertiary alicyclic amines) is 1. The van der Waals surface area contributed by atoms with E-state index in [0.29, 0.717) is 17.1 Å². The summed E-state index contributed by atoms with van der Waals surface area (Å²) in [5.74, 6) is 1.16. The van der Waals surface area contributed by atoms with Crippen molar-refractivity contribution in [1.82, 2.24) is 15.1 Å². The molecule has 0 aliphatic carbocycles. The largest absolute Gasteiger partial charge is 0.493 e. The Bertz CT molecular complexity index is 596. The predicted octanol–water partition coefficient (Wildman–Crippen LogP) is 1.99. The van der Waals surface area contributed by atoms with Crippen LogP contribution >= 0.6 is 0 Å². The lowest BCUT2D eigenvalue weighted by Crippen LogP contribution is -2.51. The number of rotatable bonds is 7. The molecular formula is C20H31N3O3. The van der Waals surface area contributed by atoms with Crippen LogP contribution in [0.5, 0.6) is 11.5 Å². The molecule has 1 N–H and O–H groups in total. The van der Waals surface area contributed by atoms with E-state index in [9.17, 15) is 4.79 Å². The normalized spacial score (nSPS) is 20.8. The first-order chi connectivity index (χ1) is 12.7. The van der Waals surface area contributed by atoms with Crippen LogP contribution in [0.3, 0.4) is 0 Å². The van der Waals surface area contributed by atoms with Crippen molar-refractivity contribution in [2.45, 2.75) is 31.7 Å².